The largest absolute Gasteiger partial charge is 0.0917 e. The molecule has 0 spiro atoms. The zero-order chi connectivity index (χ0) is 22.2. The minimum Gasteiger partial charge on any atom is -0.0917 e. The van der Waals surface area contributed by atoms with Gasteiger partial charge in [-0.25, -0.2) is 0 Å². The average Bonchev–Trinajstić information content (AvgIpc) is 2.86. The van der Waals surface area contributed by atoms with Gasteiger partial charge in [0.15, 0.2) is 0 Å². The second-order valence-electron chi connectivity index (χ2n) is 10.8. The number of rotatable bonds is 8. The standard InChI is InChI=1S/C32H44/c1-3-4-6-9-26-12-16-29(17-13-26)31-20-22-32(23-21-31)30-18-14-27(15-19-30)24-25(2)28-10-7-5-8-11-28/h3-5,7-8,10-11,20-23,25-27,29-30H,6,9,12-19,24H2,1-2H3/b4-3+. The van der Waals surface area contributed by atoms with E-state index in [0.717, 1.165) is 23.7 Å². The Morgan fingerprint density at radius 1 is 0.719 bits per heavy atom. The molecule has 0 heteroatoms. The third kappa shape index (κ3) is 6.37. The van der Waals surface area contributed by atoms with Gasteiger partial charge in [0, 0.05) is 0 Å². The highest BCUT2D eigenvalue weighted by Crippen LogP contribution is 2.41. The molecule has 0 aromatic heterocycles. The third-order valence-electron chi connectivity index (χ3n) is 8.61. The zero-order valence-corrected chi connectivity index (χ0v) is 20.5. The van der Waals surface area contributed by atoms with Crippen LogP contribution < -0.4 is 0 Å². The molecule has 0 bridgehead atoms. The van der Waals surface area contributed by atoms with E-state index in [1.54, 1.807) is 11.1 Å². The van der Waals surface area contributed by atoms with E-state index >= 15 is 0 Å². The Morgan fingerprint density at radius 2 is 1.25 bits per heavy atom. The monoisotopic (exact) mass is 428 g/mol. The van der Waals surface area contributed by atoms with Crippen LogP contribution in [0, 0.1) is 11.8 Å². The van der Waals surface area contributed by atoms with Gasteiger partial charge in [0.1, 0.15) is 0 Å². The molecule has 2 aliphatic carbocycles. The molecule has 4 rings (SSSR count). The molecular formula is C32H44. The second kappa shape index (κ2) is 11.9. The summed E-state index contributed by atoms with van der Waals surface area (Å²) in [6.07, 6.45) is 19.8. The summed E-state index contributed by atoms with van der Waals surface area (Å²) in [5.74, 6) is 4.15. The van der Waals surface area contributed by atoms with Crippen molar-refractivity contribution in [1.29, 1.82) is 0 Å². The van der Waals surface area contributed by atoms with Crippen molar-refractivity contribution in [2.45, 2.75) is 102 Å². The van der Waals surface area contributed by atoms with Gasteiger partial charge in [-0.1, -0.05) is 73.7 Å². The maximum absolute atomic E-state index is 2.48. The smallest absolute Gasteiger partial charge is 0.0162 e. The third-order valence-corrected chi connectivity index (χ3v) is 8.61. The molecule has 0 radical (unpaired) electrons. The van der Waals surface area contributed by atoms with Gasteiger partial charge in [0.25, 0.3) is 0 Å². The lowest BCUT2D eigenvalue weighted by atomic mass is 9.74. The topological polar surface area (TPSA) is 0 Å². The van der Waals surface area contributed by atoms with Crippen LogP contribution in [0.4, 0.5) is 0 Å². The van der Waals surface area contributed by atoms with Gasteiger partial charge in [-0.2, -0.15) is 0 Å². The van der Waals surface area contributed by atoms with Crippen LogP contribution in [0.25, 0.3) is 0 Å². The number of hydrogen-bond acceptors (Lipinski definition) is 0. The lowest BCUT2D eigenvalue weighted by Gasteiger charge is -2.31. The maximum Gasteiger partial charge on any atom is -0.0162 e. The first kappa shape index (κ1) is 23.3. The van der Waals surface area contributed by atoms with Crippen LogP contribution >= 0.6 is 0 Å². The van der Waals surface area contributed by atoms with Gasteiger partial charge in [-0.15, -0.1) is 0 Å². The molecule has 2 saturated carbocycles. The lowest BCUT2D eigenvalue weighted by Crippen LogP contribution is -2.16. The van der Waals surface area contributed by atoms with Crippen molar-refractivity contribution in [3.63, 3.8) is 0 Å². The first-order valence-corrected chi connectivity index (χ1v) is 13.5. The van der Waals surface area contributed by atoms with E-state index in [4.69, 9.17) is 0 Å². The predicted molar refractivity (Wildman–Crippen MR) is 139 cm³/mol. The van der Waals surface area contributed by atoms with Gasteiger partial charge in [0.2, 0.25) is 0 Å². The molecule has 0 saturated heterocycles. The summed E-state index contributed by atoms with van der Waals surface area (Å²) in [4.78, 5) is 0. The summed E-state index contributed by atoms with van der Waals surface area (Å²) in [6.45, 7) is 4.55. The van der Waals surface area contributed by atoms with Gasteiger partial charge in [-0.05, 0) is 124 Å². The first-order chi connectivity index (χ1) is 15.7. The Morgan fingerprint density at radius 3 is 1.78 bits per heavy atom. The minimum atomic E-state index is 0.690. The fraction of sp³-hybridized carbons (Fsp3) is 0.562. The van der Waals surface area contributed by atoms with Gasteiger partial charge >= 0.3 is 0 Å². The van der Waals surface area contributed by atoms with Crippen LogP contribution in [0.15, 0.2) is 66.7 Å². The van der Waals surface area contributed by atoms with Gasteiger partial charge in [-0.3, -0.25) is 0 Å². The van der Waals surface area contributed by atoms with E-state index in [1.807, 2.05) is 0 Å². The Balaban J connectivity index is 1.22. The van der Waals surface area contributed by atoms with Crippen LogP contribution in [0.1, 0.15) is 119 Å². The number of allylic oxidation sites excluding steroid dienone is 2. The van der Waals surface area contributed by atoms with Crippen molar-refractivity contribution in [3.05, 3.63) is 83.4 Å². The molecule has 1 unspecified atom stereocenters. The Hall–Kier alpha value is -1.82. The molecule has 0 aliphatic heterocycles. The van der Waals surface area contributed by atoms with Crippen molar-refractivity contribution < 1.29 is 0 Å². The Kier molecular flexibility index (Phi) is 8.66. The van der Waals surface area contributed by atoms with Crippen LogP contribution in [0.3, 0.4) is 0 Å². The van der Waals surface area contributed by atoms with Crippen molar-refractivity contribution in [3.8, 4) is 0 Å². The van der Waals surface area contributed by atoms with E-state index in [1.165, 1.54) is 76.2 Å². The molecule has 0 amide bonds. The Labute approximate surface area is 197 Å². The van der Waals surface area contributed by atoms with E-state index in [-0.39, 0.29) is 0 Å². The van der Waals surface area contributed by atoms with Gasteiger partial charge in [0.05, 0.1) is 0 Å². The maximum atomic E-state index is 2.48. The van der Waals surface area contributed by atoms with Crippen molar-refractivity contribution in [1.82, 2.24) is 0 Å². The molecule has 2 aromatic carbocycles. The summed E-state index contributed by atoms with van der Waals surface area (Å²) in [6, 6.07) is 21.0. The van der Waals surface area contributed by atoms with Crippen LogP contribution in [0.5, 0.6) is 0 Å². The van der Waals surface area contributed by atoms with Gasteiger partial charge < -0.3 is 0 Å². The summed E-state index contributed by atoms with van der Waals surface area (Å²) >= 11 is 0. The summed E-state index contributed by atoms with van der Waals surface area (Å²) in [7, 11) is 0. The van der Waals surface area contributed by atoms with E-state index in [9.17, 15) is 0 Å². The summed E-state index contributed by atoms with van der Waals surface area (Å²) in [5.41, 5.74) is 4.71. The molecule has 32 heavy (non-hydrogen) atoms. The predicted octanol–water partition coefficient (Wildman–Crippen LogP) is 9.78. The summed E-state index contributed by atoms with van der Waals surface area (Å²) < 4.78 is 0. The first-order valence-electron chi connectivity index (χ1n) is 13.5. The fourth-order valence-corrected chi connectivity index (χ4v) is 6.47. The molecule has 2 aromatic rings. The number of benzene rings is 2. The van der Waals surface area contributed by atoms with E-state index in [0.29, 0.717) is 5.92 Å². The normalized spacial score (nSPS) is 27.4. The van der Waals surface area contributed by atoms with E-state index in [2.05, 4.69) is 80.6 Å². The average molecular weight is 429 g/mol. The van der Waals surface area contributed by atoms with Crippen molar-refractivity contribution in [2.24, 2.45) is 11.8 Å². The minimum absolute atomic E-state index is 0.690. The highest BCUT2D eigenvalue weighted by atomic mass is 14.3. The quantitative estimate of drug-likeness (QED) is 0.367. The van der Waals surface area contributed by atoms with E-state index < -0.39 is 0 Å². The SMILES string of the molecule is C/C=C/CCC1CCC(c2ccc(C3CCC(CC(C)c4ccccc4)CC3)cc2)CC1. The van der Waals surface area contributed by atoms with Crippen LogP contribution in [0.2, 0.25) is 0 Å². The summed E-state index contributed by atoms with van der Waals surface area (Å²) in [5, 5.41) is 0. The molecule has 172 valence electrons. The number of hydrogen-bond donors (Lipinski definition) is 0. The molecule has 0 nitrogen and oxygen atoms in total. The van der Waals surface area contributed by atoms with Crippen molar-refractivity contribution >= 4 is 0 Å². The zero-order valence-electron chi connectivity index (χ0n) is 20.5. The molecule has 0 heterocycles. The second-order valence-corrected chi connectivity index (χ2v) is 10.8. The lowest BCUT2D eigenvalue weighted by molar-refractivity contribution is 0.297. The molecule has 0 N–H and O–H groups in total. The molecule has 1 atom stereocenters. The fourth-order valence-electron chi connectivity index (χ4n) is 6.47. The highest BCUT2D eigenvalue weighted by molar-refractivity contribution is 5.28. The van der Waals surface area contributed by atoms with Crippen LogP contribution in [-0.2, 0) is 0 Å². The van der Waals surface area contributed by atoms with Crippen molar-refractivity contribution in [2.75, 3.05) is 0 Å². The molecule has 2 aliphatic rings. The Bertz CT molecular complexity index is 799. The molecular weight excluding hydrogens is 384 g/mol. The highest BCUT2D eigenvalue weighted by Gasteiger charge is 2.25. The molecule has 2 fully saturated rings. The van der Waals surface area contributed by atoms with Crippen LogP contribution in [-0.4, -0.2) is 0 Å².